The second kappa shape index (κ2) is 11.9. The minimum absolute atomic E-state index is 0.0774. The highest BCUT2D eigenvalue weighted by molar-refractivity contribution is 6.35. The summed E-state index contributed by atoms with van der Waals surface area (Å²) in [6.07, 6.45) is 1.33. The molecular weight excluding hydrogens is 509 g/mol. The molecule has 0 atom stereocenters. The summed E-state index contributed by atoms with van der Waals surface area (Å²) in [5, 5.41) is 33.6. The fourth-order valence-electron chi connectivity index (χ4n) is 3.04. The number of phenolic OH excluding ortho intramolecular Hbond substituents is 1. The van der Waals surface area contributed by atoms with Crippen molar-refractivity contribution < 1.29 is 24.3 Å². The van der Waals surface area contributed by atoms with E-state index in [1.165, 1.54) is 12.1 Å². The van der Waals surface area contributed by atoms with Gasteiger partial charge >= 0.3 is 0 Å². The topological polar surface area (TPSA) is 135 Å². The van der Waals surface area contributed by atoms with Gasteiger partial charge in [0.25, 0.3) is 11.6 Å². The summed E-state index contributed by atoms with van der Waals surface area (Å²) in [6.45, 7) is 2.30. The first-order chi connectivity index (χ1) is 17.2. The number of nitro benzene ring substituents is 1. The Balaban J connectivity index is 1.80. The van der Waals surface area contributed by atoms with Crippen LogP contribution in [0.5, 0.6) is 17.2 Å². The lowest BCUT2D eigenvalue weighted by molar-refractivity contribution is -0.384. The SMILES string of the molecule is CCOc1cc(C=C(C#N)C(=O)Nc2ccc([N+](=O)[O-])cc2O)ccc1OCc1ccc(Cl)cc1Cl. The summed E-state index contributed by atoms with van der Waals surface area (Å²) in [5.41, 5.74) is 0.522. The molecule has 0 saturated carbocycles. The summed E-state index contributed by atoms with van der Waals surface area (Å²) < 4.78 is 11.5. The lowest BCUT2D eigenvalue weighted by Crippen LogP contribution is -2.13. The van der Waals surface area contributed by atoms with E-state index in [0.717, 1.165) is 17.7 Å². The Morgan fingerprint density at radius 1 is 1.14 bits per heavy atom. The molecule has 1 amide bonds. The quantitative estimate of drug-likeness (QED) is 0.112. The van der Waals surface area contributed by atoms with Crippen LogP contribution in [-0.4, -0.2) is 22.5 Å². The predicted octanol–water partition coefficient (Wildman–Crippen LogP) is 6.13. The van der Waals surface area contributed by atoms with Gasteiger partial charge in [-0.15, -0.1) is 0 Å². The normalized spacial score (nSPS) is 10.9. The molecule has 0 aliphatic rings. The van der Waals surface area contributed by atoms with E-state index in [1.807, 2.05) is 0 Å². The number of hydrogen-bond donors (Lipinski definition) is 2. The number of carbonyl (C=O) groups is 1. The lowest BCUT2D eigenvalue weighted by atomic mass is 10.1. The van der Waals surface area contributed by atoms with Crippen LogP contribution in [0.3, 0.4) is 0 Å². The number of carbonyl (C=O) groups excluding carboxylic acids is 1. The van der Waals surface area contributed by atoms with Gasteiger partial charge in [0.15, 0.2) is 11.5 Å². The van der Waals surface area contributed by atoms with Gasteiger partial charge in [-0.3, -0.25) is 14.9 Å². The van der Waals surface area contributed by atoms with Gasteiger partial charge in [-0.05, 0) is 48.9 Å². The molecule has 36 heavy (non-hydrogen) atoms. The molecule has 0 saturated heterocycles. The molecular formula is C25H19Cl2N3O6. The third-order valence-electron chi connectivity index (χ3n) is 4.78. The Labute approximate surface area is 216 Å². The van der Waals surface area contributed by atoms with Crippen LogP contribution in [-0.2, 0) is 11.4 Å². The van der Waals surface area contributed by atoms with Crippen molar-refractivity contribution in [2.24, 2.45) is 0 Å². The van der Waals surface area contributed by atoms with Gasteiger partial charge in [-0.1, -0.05) is 35.3 Å². The van der Waals surface area contributed by atoms with E-state index in [4.69, 9.17) is 32.7 Å². The zero-order valence-electron chi connectivity index (χ0n) is 18.8. The second-order valence-electron chi connectivity index (χ2n) is 7.25. The highest BCUT2D eigenvalue weighted by Gasteiger charge is 2.16. The van der Waals surface area contributed by atoms with E-state index in [9.17, 15) is 25.3 Å². The number of nitro groups is 1. The molecule has 0 aromatic heterocycles. The first kappa shape index (κ1) is 26.3. The van der Waals surface area contributed by atoms with Crippen molar-refractivity contribution >= 4 is 46.6 Å². The number of nitriles is 1. The van der Waals surface area contributed by atoms with Gasteiger partial charge in [-0.2, -0.15) is 5.26 Å². The maximum atomic E-state index is 12.6. The molecule has 0 radical (unpaired) electrons. The first-order valence-electron chi connectivity index (χ1n) is 10.5. The summed E-state index contributed by atoms with van der Waals surface area (Å²) in [5.74, 6) is -0.492. The average molecular weight is 528 g/mol. The predicted molar refractivity (Wildman–Crippen MR) is 135 cm³/mol. The standard InChI is InChI=1S/C25H19Cl2N3O6/c1-2-35-24-10-15(3-8-23(24)36-14-16-4-5-18(26)11-20(16)27)9-17(13-28)25(32)29-21-7-6-19(30(33)34)12-22(21)31/h3-12,31H,2,14H2,1H3,(H,29,32). The maximum absolute atomic E-state index is 12.6. The molecule has 11 heteroatoms. The van der Waals surface area contributed by atoms with Gasteiger partial charge in [0, 0.05) is 21.7 Å². The Bertz CT molecular complexity index is 1380. The highest BCUT2D eigenvalue weighted by atomic mass is 35.5. The number of benzene rings is 3. The summed E-state index contributed by atoms with van der Waals surface area (Å²) in [4.78, 5) is 22.7. The van der Waals surface area contributed by atoms with E-state index < -0.39 is 16.6 Å². The van der Waals surface area contributed by atoms with Crippen LogP contribution in [0, 0.1) is 21.4 Å². The molecule has 3 aromatic rings. The Morgan fingerprint density at radius 3 is 2.56 bits per heavy atom. The number of anilines is 1. The summed E-state index contributed by atoms with van der Waals surface area (Å²) >= 11 is 12.1. The number of non-ortho nitro benzene ring substituents is 1. The average Bonchev–Trinajstić information content (AvgIpc) is 2.84. The van der Waals surface area contributed by atoms with Crippen molar-refractivity contribution in [3.05, 3.63) is 91.5 Å². The van der Waals surface area contributed by atoms with Gasteiger partial charge in [0.1, 0.15) is 24.0 Å². The molecule has 3 aromatic carbocycles. The van der Waals surface area contributed by atoms with E-state index >= 15 is 0 Å². The number of hydrogen-bond acceptors (Lipinski definition) is 7. The van der Waals surface area contributed by atoms with Crippen LogP contribution in [0.2, 0.25) is 10.0 Å². The van der Waals surface area contributed by atoms with Crippen LogP contribution in [0.4, 0.5) is 11.4 Å². The van der Waals surface area contributed by atoms with E-state index in [2.05, 4.69) is 5.32 Å². The number of nitrogens with zero attached hydrogens (tertiary/aromatic N) is 2. The van der Waals surface area contributed by atoms with E-state index in [-0.39, 0.29) is 23.6 Å². The van der Waals surface area contributed by atoms with Crippen LogP contribution in [0.25, 0.3) is 6.08 Å². The molecule has 184 valence electrons. The van der Waals surface area contributed by atoms with E-state index in [0.29, 0.717) is 33.7 Å². The molecule has 0 spiro atoms. The fourth-order valence-corrected chi connectivity index (χ4v) is 3.50. The van der Waals surface area contributed by atoms with Crippen LogP contribution < -0.4 is 14.8 Å². The molecule has 0 fully saturated rings. The van der Waals surface area contributed by atoms with Crippen molar-refractivity contribution in [3.63, 3.8) is 0 Å². The Hall–Kier alpha value is -4.26. The number of aromatic hydroxyl groups is 1. The van der Waals surface area contributed by atoms with Crippen molar-refractivity contribution in [2.45, 2.75) is 13.5 Å². The van der Waals surface area contributed by atoms with Crippen LogP contribution >= 0.6 is 23.2 Å². The molecule has 0 aliphatic carbocycles. The van der Waals surface area contributed by atoms with Crippen LogP contribution in [0.1, 0.15) is 18.1 Å². The van der Waals surface area contributed by atoms with Gasteiger partial charge in [0.05, 0.1) is 23.3 Å². The van der Waals surface area contributed by atoms with Crippen molar-refractivity contribution in [2.75, 3.05) is 11.9 Å². The number of halogens is 2. The van der Waals surface area contributed by atoms with Crippen molar-refractivity contribution in [3.8, 4) is 23.3 Å². The number of amides is 1. The Morgan fingerprint density at radius 2 is 1.92 bits per heavy atom. The zero-order valence-corrected chi connectivity index (χ0v) is 20.3. The summed E-state index contributed by atoms with van der Waals surface area (Å²) in [6, 6.07) is 14.9. The van der Waals surface area contributed by atoms with E-state index in [1.54, 1.807) is 49.4 Å². The molecule has 2 N–H and O–H groups in total. The van der Waals surface area contributed by atoms with Gasteiger partial charge in [0.2, 0.25) is 0 Å². The zero-order chi connectivity index (χ0) is 26.2. The second-order valence-corrected chi connectivity index (χ2v) is 8.09. The molecule has 0 bridgehead atoms. The van der Waals surface area contributed by atoms with Crippen LogP contribution in [0.15, 0.2) is 60.2 Å². The fraction of sp³-hybridized carbons (Fsp3) is 0.120. The third kappa shape index (κ3) is 6.66. The molecule has 0 heterocycles. The minimum Gasteiger partial charge on any atom is -0.506 e. The number of rotatable bonds is 9. The monoisotopic (exact) mass is 527 g/mol. The first-order valence-corrected chi connectivity index (χ1v) is 11.2. The molecule has 0 aliphatic heterocycles. The summed E-state index contributed by atoms with van der Waals surface area (Å²) in [7, 11) is 0. The molecule has 9 nitrogen and oxygen atoms in total. The molecule has 3 rings (SSSR count). The minimum atomic E-state index is -0.808. The van der Waals surface area contributed by atoms with Gasteiger partial charge < -0.3 is 19.9 Å². The molecule has 0 unspecified atom stereocenters. The van der Waals surface area contributed by atoms with Crippen molar-refractivity contribution in [1.29, 1.82) is 5.26 Å². The maximum Gasteiger partial charge on any atom is 0.273 e. The highest BCUT2D eigenvalue weighted by Crippen LogP contribution is 2.32. The number of phenols is 1. The smallest absolute Gasteiger partial charge is 0.273 e. The largest absolute Gasteiger partial charge is 0.506 e. The van der Waals surface area contributed by atoms with Crippen molar-refractivity contribution in [1.82, 2.24) is 0 Å². The number of ether oxygens (including phenoxy) is 2. The Kier molecular flexibility index (Phi) is 8.73. The lowest BCUT2D eigenvalue weighted by Gasteiger charge is -2.13. The van der Waals surface area contributed by atoms with Gasteiger partial charge in [-0.25, -0.2) is 0 Å². The third-order valence-corrected chi connectivity index (χ3v) is 5.37. The number of nitrogens with one attached hydrogen (secondary N) is 1.